The lowest BCUT2D eigenvalue weighted by atomic mass is 10.2. The van der Waals surface area contributed by atoms with Crippen LogP contribution < -0.4 is 10.9 Å². The molecule has 0 aliphatic heterocycles. The van der Waals surface area contributed by atoms with Gasteiger partial charge in [0.25, 0.3) is 11.5 Å². The molecule has 0 fully saturated rings. The van der Waals surface area contributed by atoms with Crippen molar-refractivity contribution in [2.24, 2.45) is 0 Å². The zero-order chi connectivity index (χ0) is 19.8. The van der Waals surface area contributed by atoms with E-state index in [1.54, 1.807) is 36.0 Å². The van der Waals surface area contributed by atoms with E-state index in [1.807, 2.05) is 30.3 Å². The molecule has 0 radical (unpaired) electrons. The van der Waals surface area contributed by atoms with Crippen LogP contribution in [0, 0.1) is 0 Å². The lowest BCUT2D eigenvalue weighted by Gasteiger charge is -2.08. The molecule has 0 unspecified atom stereocenters. The molecular formula is C20H19N3O4S. The fourth-order valence-electron chi connectivity index (χ4n) is 2.48. The van der Waals surface area contributed by atoms with Gasteiger partial charge in [0.2, 0.25) is 0 Å². The molecule has 2 aromatic carbocycles. The topological polar surface area (TPSA) is 90.3 Å². The van der Waals surface area contributed by atoms with Gasteiger partial charge in [-0.25, -0.2) is 4.98 Å². The summed E-state index contributed by atoms with van der Waals surface area (Å²) in [6.45, 7) is -0.220. The summed E-state index contributed by atoms with van der Waals surface area (Å²) in [7, 11) is 0. The lowest BCUT2D eigenvalue weighted by Crippen LogP contribution is -2.32. The van der Waals surface area contributed by atoms with E-state index in [0.717, 1.165) is 4.90 Å². The summed E-state index contributed by atoms with van der Waals surface area (Å²) in [5.41, 5.74) is 0.231. The maximum absolute atomic E-state index is 12.3. The molecule has 144 valence electrons. The minimum atomic E-state index is -0.673. The van der Waals surface area contributed by atoms with Crippen LogP contribution in [-0.2, 0) is 20.9 Å². The largest absolute Gasteiger partial charge is 0.454 e. The number of aromatic nitrogens is 2. The van der Waals surface area contributed by atoms with Gasteiger partial charge in [0.05, 0.1) is 17.2 Å². The maximum atomic E-state index is 12.3. The summed E-state index contributed by atoms with van der Waals surface area (Å²) >= 11 is 1.62. The molecule has 8 heteroatoms. The molecule has 1 aromatic heterocycles. The van der Waals surface area contributed by atoms with Gasteiger partial charge in [-0.1, -0.05) is 30.3 Å². The SMILES string of the molecule is O=C(COC(=O)Cn1cnc2ccccc2c1=O)NCCSc1ccccc1. The number of ether oxygens (including phenoxy) is 1. The number of para-hydroxylation sites is 1. The van der Waals surface area contributed by atoms with E-state index < -0.39 is 5.97 Å². The molecule has 0 atom stereocenters. The molecule has 1 N–H and O–H groups in total. The van der Waals surface area contributed by atoms with Crippen LogP contribution in [0.1, 0.15) is 0 Å². The number of carbonyl (C=O) groups is 2. The van der Waals surface area contributed by atoms with Gasteiger partial charge in [-0.05, 0) is 24.3 Å². The number of nitrogens with one attached hydrogen (secondary N) is 1. The Labute approximate surface area is 165 Å². The number of hydrogen-bond acceptors (Lipinski definition) is 6. The molecule has 3 aromatic rings. The van der Waals surface area contributed by atoms with E-state index in [9.17, 15) is 14.4 Å². The smallest absolute Gasteiger partial charge is 0.326 e. The number of nitrogens with zero attached hydrogens (tertiary/aromatic N) is 2. The summed E-state index contributed by atoms with van der Waals surface area (Å²) in [5, 5.41) is 3.11. The maximum Gasteiger partial charge on any atom is 0.326 e. The van der Waals surface area contributed by atoms with Gasteiger partial charge in [0.1, 0.15) is 6.54 Å². The van der Waals surface area contributed by atoms with Crippen molar-refractivity contribution in [3.05, 3.63) is 71.3 Å². The number of esters is 1. The number of rotatable bonds is 8. The van der Waals surface area contributed by atoms with Crippen molar-refractivity contribution in [2.75, 3.05) is 18.9 Å². The second-order valence-electron chi connectivity index (χ2n) is 5.87. The monoisotopic (exact) mass is 397 g/mol. The Hall–Kier alpha value is -3.13. The van der Waals surface area contributed by atoms with Gasteiger partial charge in [0.15, 0.2) is 6.61 Å². The molecule has 0 aliphatic carbocycles. The van der Waals surface area contributed by atoms with Crippen LogP contribution in [0.4, 0.5) is 0 Å². The van der Waals surface area contributed by atoms with Crippen molar-refractivity contribution in [2.45, 2.75) is 11.4 Å². The van der Waals surface area contributed by atoms with Gasteiger partial charge in [-0.2, -0.15) is 0 Å². The normalized spacial score (nSPS) is 10.6. The minimum absolute atomic E-state index is 0.298. The molecular weight excluding hydrogens is 378 g/mol. The highest BCUT2D eigenvalue weighted by Gasteiger charge is 2.11. The Morgan fingerprint density at radius 1 is 1.07 bits per heavy atom. The molecule has 1 heterocycles. The molecule has 0 aliphatic rings. The van der Waals surface area contributed by atoms with E-state index >= 15 is 0 Å². The van der Waals surface area contributed by atoms with Gasteiger partial charge in [-0.3, -0.25) is 19.0 Å². The first-order valence-electron chi connectivity index (χ1n) is 8.68. The van der Waals surface area contributed by atoms with Crippen LogP contribution in [0.2, 0.25) is 0 Å². The number of amides is 1. The Morgan fingerprint density at radius 3 is 2.64 bits per heavy atom. The fraction of sp³-hybridized carbons (Fsp3) is 0.200. The van der Waals surface area contributed by atoms with Crippen molar-refractivity contribution in [3.63, 3.8) is 0 Å². The number of fused-ring (bicyclic) bond motifs is 1. The van der Waals surface area contributed by atoms with Crippen molar-refractivity contribution >= 4 is 34.5 Å². The van der Waals surface area contributed by atoms with Crippen molar-refractivity contribution in [3.8, 4) is 0 Å². The average Bonchev–Trinajstić information content (AvgIpc) is 2.73. The second kappa shape index (κ2) is 9.70. The van der Waals surface area contributed by atoms with Gasteiger partial charge in [0, 0.05) is 17.2 Å². The third kappa shape index (κ3) is 5.43. The highest BCUT2D eigenvalue weighted by Crippen LogP contribution is 2.15. The van der Waals surface area contributed by atoms with Gasteiger partial charge < -0.3 is 10.1 Å². The van der Waals surface area contributed by atoms with Crippen molar-refractivity contribution in [1.29, 1.82) is 0 Å². The Morgan fingerprint density at radius 2 is 1.82 bits per heavy atom. The molecule has 0 bridgehead atoms. The Bertz CT molecular complexity index is 1020. The Kier molecular flexibility index (Phi) is 6.80. The average molecular weight is 397 g/mol. The minimum Gasteiger partial charge on any atom is -0.454 e. The van der Waals surface area contributed by atoms with Crippen LogP contribution in [0.25, 0.3) is 10.9 Å². The highest BCUT2D eigenvalue weighted by atomic mass is 32.2. The van der Waals surface area contributed by atoms with Crippen LogP contribution in [-0.4, -0.2) is 40.3 Å². The van der Waals surface area contributed by atoms with Crippen LogP contribution in [0.3, 0.4) is 0 Å². The first-order chi connectivity index (χ1) is 13.6. The number of benzene rings is 2. The van der Waals surface area contributed by atoms with E-state index in [-0.39, 0.29) is 24.6 Å². The zero-order valence-electron chi connectivity index (χ0n) is 15.0. The lowest BCUT2D eigenvalue weighted by molar-refractivity contribution is -0.149. The highest BCUT2D eigenvalue weighted by molar-refractivity contribution is 7.99. The van der Waals surface area contributed by atoms with Crippen LogP contribution >= 0.6 is 11.8 Å². The number of thioether (sulfide) groups is 1. The van der Waals surface area contributed by atoms with Gasteiger partial charge >= 0.3 is 5.97 Å². The quantitative estimate of drug-likeness (QED) is 0.354. The number of carbonyl (C=O) groups excluding carboxylic acids is 2. The third-order valence-corrected chi connectivity index (χ3v) is 4.85. The summed E-state index contributed by atoms with van der Waals surface area (Å²) in [6.07, 6.45) is 1.30. The molecule has 3 rings (SSSR count). The van der Waals surface area contributed by atoms with Crippen molar-refractivity contribution in [1.82, 2.24) is 14.9 Å². The molecule has 7 nitrogen and oxygen atoms in total. The van der Waals surface area contributed by atoms with E-state index in [0.29, 0.717) is 23.2 Å². The van der Waals surface area contributed by atoms with Crippen LogP contribution in [0.5, 0.6) is 0 Å². The summed E-state index contributed by atoms with van der Waals surface area (Å²) < 4.78 is 6.11. The predicted molar refractivity (Wildman–Crippen MR) is 107 cm³/mol. The molecule has 0 spiro atoms. The van der Waals surface area contributed by atoms with Crippen molar-refractivity contribution < 1.29 is 14.3 Å². The molecule has 28 heavy (non-hydrogen) atoms. The predicted octanol–water partition coefficient (Wildman–Crippen LogP) is 1.85. The summed E-state index contributed by atoms with van der Waals surface area (Å²) in [5.74, 6) is -0.346. The van der Waals surface area contributed by atoms with Gasteiger partial charge in [-0.15, -0.1) is 11.8 Å². The first kappa shape index (κ1) is 19.6. The Balaban J connectivity index is 1.41. The zero-order valence-corrected chi connectivity index (χ0v) is 15.9. The fourth-order valence-corrected chi connectivity index (χ4v) is 3.27. The van der Waals surface area contributed by atoms with E-state index in [4.69, 9.17) is 4.74 Å². The first-order valence-corrected chi connectivity index (χ1v) is 9.66. The summed E-state index contributed by atoms with van der Waals surface area (Å²) in [4.78, 5) is 41.3. The van der Waals surface area contributed by atoms with E-state index in [1.165, 1.54) is 10.9 Å². The standard InChI is InChI=1S/C20H19N3O4S/c24-18(21-10-11-28-15-6-2-1-3-7-15)13-27-19(25)12-23-14-22-17-9-5-4-8-16(17)20(23)26/h1-9,14H,10-13H2,(H,21,24). The second-order valence-corrected chi connectivity index (χ2v) is 7.04. The summed E-state index contributed by atoms with van der Waals surface area (Å²) in [6, 6.07) is 16.7. The molecule has 1 amide bonds. The molecule has 0 saturated carbocycles. The number of hydrogen-bond donors (Lipinski definition) is 1. The van der Waals surface area contributed by atoms with Crippen LogP contribution in [0.15, 0.2) is 70.6 Å². The third-order valence-electron chi connectivity index (χ3n) is 3.83. The van der Waals surface area contributed by atoms with E-state index in [2.05, 4.69) is 10.3 Å². The molecule has 0 saturated heterocycles.